The van der Waals surface area contributed by atoms with E-state index in [9.17, 15) is 9.90 Å². The predicted octanol–water partition coefficient (Wildman–Crippen LogP) is 3.78. The maximum absolute atomic E-state index is 12.4. The topological polar surface area (TPSA) is 62.5 Å². The van der Waals surface area contributed by atoms with Crippen LogP contribution in [0, 0.1) is 34.6 Å². The van der Waals surface area contributed by atoms with E-state index in [1.165, 1.54) is 0 Å². The number of aryl methyl sites for hydroxylation is 4. The van der Waals surface area contributed by atoms with Crippen molar-refractivity contribution < 1.29 is 14.3 Å². The van der Waals surface area contributed by atoms with Gasteiger partial charge in [0.25, 0.3) is 5.91 Å². The van der Waals surface area contributed by atoms with E-state index in [1.807, 2.05) is 20.8 Å². The minimum absolute atomic E-state index is 0.190. The number of hydrogen-bond donors (Lipinski definition) is 2. The maximum Gasteiger partial charge on any atom is 0.259 e. The lowest BCUT2D eigenvalue weighted by atomic mass is 10.1. The summed E-state index contributed by atoms with van der Waals surface area (Å²) in [5, 5.41) is 12.5. The Balaban J connectivity index is 2.35. The number of amides is 1. The van der Waals surface area contributed by atoms with Crippen LogP contribution in [-0.2, 0) is 0 Å². The SMILES string of the molecule is Cc1cc(NC(=O)c2c(C)oc(C)c2C)c(C)cc1O. The lowest BCUT2D eigenvalue weighted by Crippen LogP contribution is -2.14. The number of hydrogen-bond acceptors (Lipinski definition) is 3. The highest BCUT2D eigenvalue weighted by Crippen LogP contribution is 2.27. The molecule has 4 heteroatoms. The molecule has 0 unspecified atom stereocenters. The fourth-order valence-electron chi connectivity index (χ4n) is 2.25. The number of phenols is 1. The van der Waals surface area contributed by atoms with Gasteiger partial charge in [0.15, 0.2) is 0 Å². The molecule has 0 aliphatic rings. The minimum Gasteiger partial charge on any atom is -0.508 e. The first kappa shape index (κ1) is 14.2. The van der Waals surface area contributed by atoms with Crippen molar-refractivity contribution in [2.45, 2.75) is 34.6 Å². The lowest BCUT2D eigenvalue weighted by molar-refractivity contribution is 0.102. The molecule has 2 rings (SSSR count). The third kappa shape index (κ3) is 2.41. The van der Waals surface area contributed by atoms with Crippen LogP contribution in [0.1, 0.15) is 38.6 Å². The van der Waals surface area contributed by atoms with Crippen LogP contribution < -0.4 is 5.32 Å². The molecule has 0 saturated carbocycles. The van der Waals surface area contributed by atoms with Crippen LogP contribution in [0.3, 0.4) is 0 Å². The largest absolute Gasteiger partial charge is 0.508 e. The number of anilines is 1. The average molecular weight is 273 g/mol. The minimum atomic E-state index is -0.190. The number of carbonyl (C=O) groups excluding carboxylic acids is 1. The first-order valence-corrected chi connectivity index (χ1v) is 6.49. The van der Waals surface area contributed by atoms with Crippen LogP contribution in [0.2, 0.25) is 0 Å². The van der Waals surface area contributed by atoms with Gasteiger partial charge in [0.05, 0.1) is 5.56 Å². The first-order chi connectivity index (χ1) is 9.31. The normalized spacial score (nSPS) is 10.7. The summed E-state index contributed by atoms with van der Waals surface area (Å²) in [7, 11) is 0. The van der Waals surface area contributed by atoms with E-state index < -0.39 is 0 Å². The highest BCUT2D eigenvalue weighted by Gasteiger charge is 2.19. The van der Waals surface area contributed by atoms with Crippen molar-refractivity contribution in [1.82, 2.24) is 0 Å². The van der Waals surface area contributed by atoms with Gasteiger partial charge in [0, 0.05) is 11.3 Å². The number of benzene rings is 1. The van der Waals surface area contributed by atoms with Crippen molar-refractivity contribution >= 4 is 11.6 Å². The molecule has 0 spiro atoms. The summed E-state index contributed by atoms with van der Waals surface area (Å²) in [5.74, 6) is 1.41. The molecule has 0 bridgehead atoms. The Morgan fingerprint density at radius 2 is 1.70 bits per heavy atom. The smallest absolute Gasteiger partial charge is 0.259 e. The van der Waals surface area contributed by atoms with Crippen LogP contribution in [0.15, 0.2) is 16.5 Å². The summed E-state index contributed by atoms with van der Waals surface area (Å²) in [6.07, 6.45) is 0. The fourth-order valence-corrected chi connectivity index (χ4v) is 2.25. The van der Waals surface area contributed by atoms with Crippen molar-refractivity contribution in [2.75, 3.05) is 5.32 Å². The molecular formula is C16H19NO3. The van der Waals surface area contributed by atoms with Crippen molar-refractivity contribution in [2.24, 2.45) is 0 Å². The number of nitrogens with one attached hydrogen (secondary N) is 1. The Bertz CT molecular complexity index is 684. The van der Waals surface area contributed by atoms with Gasteiger partial charge < -0.3 is 14.8 Å². The van der Waals surface area contributed by atoms with Crippen molar-refractivity contribution in [1.29, 1.82) is 0 Å². The molecule has 0 aliphatic carbocycles. The fraction of sp³-hybridized carbons (Fsp3) is 0.312. The van der Waals surface area contributed by atoms with Crippen LogP contribution in [0.5, 0.6) is 5.75 Å². The van der Waals surface area contributed by atoms with Crippen LogP contribution in [0.4, 0.5) is 5.69 Å². The molecule has 0 saturated heterocycles. The molecule has 1 aromatic heterocycles. The molecule has 106 valence electrons. The molecule has 2 aromatic rings. The van der Waals surface area contributed by atoms with Gasteiger partial charge in [-0.3, -0.25) is 4.79 Å². The standard InChI is InChI=1S/C16H19NO3/c1-8-7-14(18)9(2)6-13(8)17-16(19)15-10(3)11(4)20-12(15)5/h6-7,18H,1-5H3,(H,17,19). The Morgan fingerprint density at radius 3 is 2.25 bits per heavy atom. The average Bonchev–Trinajstić information content (AvgIpc) is 2.60. The molecule has 2 N–H and O–H groups in total. The van der Waals surface area contributed by atoms with Gasteiger partial charge in [-0.15, -0.1) is 0 Å². The van der Waals surface area contributed by atoms with E-state index >= 15 is 0 Å². The van der Waals surface area contributed by atoms with Crippen molar-refractivity contribution in [3.63, 3.8) is 0 Å². The molecular weight excluding hydrogens is 254 g/mol. The van der Waals surface area contributed by atoms with Gasteiger partial charge >= 0.3 is 0 Å². The zero-order valence-corrected chi connectivity index (χ0v) is 12.4. The van der Waals surface area contributed by atoms with E-state index in [0.29, 0.717) is 17.0 Å². The number of phenolic OH excluding ortho intramolecular Hbond substituents is 1. The summed E-state index contributed by atoms with van der Waals surface area (Å²) in [4.78, 5) is 12.4. The first-order valence-electron chi connectivity index (χ1n) is 6.49. The predicted molar refractivity (Wildman–Crippen MR) is 78.5 cm³/mol. The van der Waals surface area contributed by atoms with E-state index in [0.717, 1.165) is 22.5 Å². The van der Waals surface area contributed by atoms with E-state index in [1.54, 1.807) is 26.0 Å². The molecule has 4 nitrogen and oxygen atoms in total. The van der Waals surface area contributed by atoms with E-state index in [-0.39, 0.29) is 11.7 Å². The van der Waals surface area contributed by atoms with Crippen LogP contribution >= 0.6 is 0 Å². The Kier molecular flexibility index (Phi) is 3.57. The third-order valence-corrected chi connectivity index (χ3v) is 3.58. The Morgan fingerprint density at radius 1 is 1.05 bits per heavy atom. The summed E-state index contributed by atoms with van der Waals surface area (Å²) >= 11 is 0. The summed E-state index contributed by atoms with van der Waals surface area (Å²) in [6.45, 7) is 9.13. The number of furan rings is 1. The lowest BCUT2D eigenvalue weighted by Gasteiger charge is -2.11. The molecule has 1 heterocycles. The van der Waals surface area contributed by atoms with E-state index in [4.69, 9.17) is 4.42 Å². The van der Waals surface area contributed by atoms with Gasteiger partial charge in [-0.25, -0.2) is 0 Å². The van der Waals surface area contributed by atoms with Crippen molar-refractivity contribution in [3.8, 4) is 5.75 Å². The quantitative estimate of drug-likeness (QED) is 0.818. The second-order valence-corrected chi connectivity index (χ2v) is 5.12. The van der Waals surface area contributed by atoms with Gasteiger partial charge in [-0.05, 0) is 57.9 Å². The van der Waals surface area contributed by atoms with Gasteiger partial charge in [0.1, 0.15) is 17.3 Å². The zero-order valence-electron chi connectivity index (χ0n) is 12.4. The molecule has 1 amide bonds. The molecule has 20 heavy (non-hydrogen) atoms. The van der Waals surface area contributed by atoms with Gasteiger partial charge in [0.2, 0.25) is 0 Å². The number of rotatable bonds is 2. The van der Waals surface area contributed by atoms with Crippen LogP contribution in [-0.4, -0.2) is 11.0 Å². The highest BCUT2D eigenvalue weighted by atomic mass is 16.3. The monoisotopic (exact) mass is 273 g/mol. The highest BCUT2D eigenvalue weighted by molar-refractivity contribution is 6.06. The summed E-state index contributed by atoms with van der Waals surface area (Å²) < 4.78 is 5.48. The van der Waals surface area contributed by atoms with Gasteiger partial charge in [-0.1, -0.05) is 0 Å². The molecule has 0 aliphatic heterocycles. The summed E-state index contributed by atoms with van der Waals surface area (Å²) in [6, 6.07) is 3.41. The Hall–Kier alpha value is -2.23. The van der Waals surface area contributed by atoms with Crippen LogP contribution in [0.25, 0.3) is 0 Å². The second-order valence-electron chi connectivity index (χ2n) is 5.12. The maximum atomic E-state index is 12.4. The number of aromatic hydroxyl groups is 1. The number of carbonyl (C=O) groups is 1. The molecule has 1 aromatic carbocycles. The summed E-state index contributed by atoms with van der Waals surface area (Å²) in [5.41, 5.74) is 3.67. The Labute approximate surface area is 118 Å². The van der Waals surface area contributed by atoms with E-state index in [2.05, 4.69) is 5.32 Å². The van der Waals surface area contributed by atoms with Gasteiger partial charge in [-0.2, -0.15) is 0 Å². The molecule has 0 atom stereocenters. The third-order valence-electron chi connectivity index (χ3n) is 3.58. The zero-order chi connectivity index (χ0) is 15.0. The second kappa shape index (κ2) is 5.04. The van der Waals surface area contributed by atoms with Crippen molar-refractivity contribution in [3.05, 3.63) is 45.9 Å². The molecule has 0 radical (unpaired) electrons. The molecule has 0 fully saturated rings.